The highest BCUT2D eigenvalue weighted by atomic mass is 35.5. The van der Waals surface area contributed by atoms with Gasteiger partial charge in [-0.3, -0.25) is 14.5 Å². The van der Waals surface area contributed by atoms with E-state index in [9.17, 15) is 14.4 Å². The molecule has 1 saturated heterocycles. The van der Waals surface area contributed by atoms with Crippen molar-refractivity contribution in [2.24, 2.45) is 0 Å². The van der Waals surface area contributed by atoms with Gasteiger partial charge in [-0.1, -0.05) is 23.7 Å². The van der Waals surface area contributed by atoms with Gasteiger partial charge in [-0.05, 0) is 49.4 Å². The zero-order valence-electron chi connectivity index (χ0n) is 12.0. The number of carbonyl (C=O) groups excluding carboxylic acids is 3. The predicted octanol–water partition coefficient (Wildman–Crippen LogP) is 3.33. The van der Waals surface area contributed by atoms with Crippen LogP contribution in [0.1, 0.15) is 19.4 Å². The Bertz CT molecular complexity index is 659. The summed E-state index contributed by atoms with van der Waals surface area (Å²) in [5, 5.41) is 0.0479. The van der Waals surface area contributed by atoms with Crippen molar-refractivity contribution >= 4 is 46.6 Å². The van der Waals surface area contributed by atoms with Gasteiger partial charge in [-0.2, -0.15) is 0 Å². The van der Waals surface area contributed by atoms with Crippen molar-refractivity contribution in [3.05, 3.63) is 39.8 Å². The van der Waals surface area contributed by atoms with Crippen LogP contribution in [0.4, 0.5) is 4.79 Å². The van der Waals surface area contributed by atoms with Crippen molar-refractivity contribution in [1.29, 1.82) is 0 Å². The van der Waals surface area contributed by atoms with Gasteiger partial charge in [-0.15, -0.1) is 0 Å². The number of imide groups is 1. The maximum atomic E-state index is 12.3. The zero-order valence-corrected chi connectivity index (χ0v) is 13.6. The molecule has 2 rings (SSSR count). The minimum atomic E-state index is -0.947. The summed E-state index contributed by atoms with van der Waals surface area (Å²) < 4.78 is 4.85. The zero-order chi connectivity index (χ0) is 16.3. The van der Waals surface area contributed by atoms with Crippen molar-refractivity contribution in [3.8, 4) is 0 Å². The molecule has 5 nitrogen and oxygen atoms in total. The smallest absolute Gasteiger partial charge is 0.329 e. The van der Waals surface area contributed by atoms with E-state index in [0.29, 0.717) is 10.6 Å². The van der Waals surface area contributed by atoms with Crippen LogP contribution >= 0.6 is 23.4 Å². The molecule has 22 heavy (non-hydrogen) atoms. The fourth-order valence-corrected chi connectivity index (χ4v) is 3.04. The van der Waals surface area contributed by atoms with Crippen LogP contribution in [-0.4, -0.2) is 34.7 Å². The molecule has 1 atom stereocenters. The molecule has 0 saturated carbocycles. The first kappa shape index (κ1) is 16.6. The molecular weight excluding hydrogens is 326 g/mol. The molecule has 116 valence electrons. The highest BCUT2D eigenvalue weighted by molar-refractivity contribution is 8.18. The van der Waals surface area contributed by atoms with Gasteiger partial charge in [0.2, 0.25) is 0 Å². The summed E-state index contributed by atoms with van der Waals surface area (Å²) in [4.78, 5) is 37.2. The monoisotopic (exact) mass is 339 g/mol. The van der Waals surface area contributed by atoms with Gasteiger partial charge in [-0.25, -0.2) is 4.79 Å². The van der Waals surface area contributed by atoms with Crippen LogP contribution in [0.5, 0.6) is 0 Å². The highest BCUT2D eigenvalue weighted by Gasteiger charge is 2.41. The molecule has 2 amide bonds. The third-order valence-corrected chi connectivity index (χ3v) is 4.10. The molecule has 0 bridgehead atoms. The van der Waals surface area contributed by atoms with Crippen molar-refractivity contribution in [2.75, 3.05) is 6.61 Å². The number of hydrogen-bond donors (Lipinski definition) is 0. The van der Waals surface area contributed by atoms with E-state index in [1.807, 2.05) is 0 Å². The van der Waals surface area contributed by atoms with E-state index in [-0.39, 0.29) is 11.5 Å². The molecular formula is C15H14ClNO4S. The van der Waals surface area contributed by atoms with Crippen molar-refractivity contribution in [3.63, 3.8) is 0 Å². The Balaban J connectivity index is 2.23. The fourth-order valence-electron chi connectivity index (χ4n) is 1.93. The van der Waals surface area contributed by atoms with Crippen LogP contribution in [0, 0.1) is 0 Å². The molecule has 1 unspecified atom stereocenters. The SMILES string of the molecule is CCOC(=O)C(C)N1C(=O)SC(=Cc2cccc(Cl)c2)C1=O. The lowest BCUT2D eigenvalue weighted by molar-refractivity contribution is -0.150. The highest BCUT2D eigenvalue weighted by Crippen LogP contribution is 2.34. The minimum absolute atomic E-state index is 0.192. The first-order chi connectivity index (χ1) is 10.4. The van der Waals surface area contributed by atoms with E-state index >= 15 is 0 Å². The second kappa shape index (κ2) is 6.98. The van der Waals surface area contributed by atoms with E-state index in [0.717, 1.165) is 16.7 Å². The van der Waals surface area contributed by atoms with Crippen molar-refractivity contribution < 1.29 is 19.1 Å². The maximum Gasteiger partial charge on any atom is 0.329 e. The second-order valence-electron chi connectivity index (χ2n) is 4.53. The van der Waals surface area contributed by atoms with E-state index in [2.05, 4.69) is 0 Å². The molecule has 1 aliphatic rings. The first-order valence-electron chi connectivity index (χ1n) is 6.63. The Morgan fingerprint density at radius 3 is 2.82 bits per heavy atom. The number of carbonyl (C=O) groups is 3. The van der Waals surface area contributed by atoms with Gasteiger partial charge in [0.1, 0.15) is 6.04 Å². The van der Waals surface area contributed by atoms with Crippen LogP contribution in [-0.2, 0) is 14.3 Å². The number of rotatable bonds is 4. The van der Waals surface area contributed by atoms with E-state index in [4.69, 9.17) is 16.3 Å². The summed E-state index contributed by atoms with van der Waals surface area (Å²) >= 11 is 6.69. The standard InChI is InChI=1S/C15H14ClNO4S/c1-3-21-14(19)9(2)17-13(18)12(22-15(17)20)8-10-5-4-6-11(16)7-10/h4-9H,3H2,1-2H3. The number of nitrogens with zero attached hydrogens (tertiary/aromatic N) is 1. The van der Waals surface area contributed by atoms with Crippen molar-refractivity contribution in [2.45, 2.75) is 19.9 Å². The molecule has 1 aromatic carbocycles. The van der Waals surface area contributed by atoms with Gasteiger partial charge in [0, 0.05) is 5.02 Å². The quantitative estimate of drug-likeness (QED) is 0.622. The average Bonchev–Trinajstić information content (AvgIpc) is 2.73. The molecule has 1 heterocycles. The minimum Gasteiger partial charge on any atom is -0.464 e. The Hall–Kier alpha value is -1.79. The number of esters is 1. The number of amides is 2. The van der Waals surface area contributed by atoms with E-state index in [1.165, 1.54) is 6.92 Å². The van der Waals surface area contributed by atoms with Crippen LogP contribution in [0.3, 0.4) is 0 Å². The molecule has 0 N–H and O–H groups in total. The Labute approximate surface area is 137 Å². The number of benzene rings is 1. The summed E-state index contributed by atoms with van der Waals surface area (Å²) in [6.07, 6.45) is 1.58. The molecule has 7 heteroatoms. The van der Waals surface area contributed by atoms with Gasteiger partial charge >= 0.3 is 5.97 Å². The fraction of sp³-hybridized carbons (Fsp3) is 0.267. The van der Waals surface area contributed by atoms with Gasteiger partial charge in [0.25, 0.3) is 11.1 Å². The second-order valence-corrected chi connectivity index (χ2v) is 5.96. The van der Waals surface area contributed by atoms with Crippen LogP contribution in [0.2, 0.25) is 5.02 Å². The third-order valence-electron chi connectivity index (χ3n) is 2.98. The van der Waals surface area contributed by atoms with Crippen LogP contribution < -0.4 is 0 Å². The van der Waals surface area contributed by atoms with Crippen LogP contribution in [0.15, 0.2) is 29.2 Å². The van der Waals surface area contributed by atoms with E-state index < -0.39 is 23.2 Å². The average molecular weight is 340 g/mol. The van der Waals surface area contributed by atoms with Crippen molar-refractivity contribution in [1.82, 2.24) is 4.90 Å². The summed E-state index contributed by atoms with van der Waals surface area (Å²) in [6.45, 7) is 3.33. The molecule has 0 spiro atoms. The van der Waals surface area contributed by atoms with E-state index in [1.54, 1.807) is 37.3 Å². The lowest BCUT2D eigenvalue weighted by atomic mass is 10.2. The first-order valence-corrected chi connectivity index (χ1v) is 7.82. The normalized spacial score (nSPS) is 18.0. The Kier molecular flexibility index (Phi) is 5.26. The van der Waals surface area contributed by atoms with Gasteiger partial charge < -0.3 is 4.74 Å². The third kappa shape index (κ3) is 3.51. The Morgan fingerprint density at radius 2 is 2.18 bits per heavy atom. The number of hydrogen-bond acceptors (Lipinski definition) is 5. The molecule has 1 aliphatic heterocycles. The summed E-state index contributed by atoms with van der Waals surface area (Å²) in [5.41, 5.74) is 0.710. The van der Waals surface area contributed by atoms with Gasteiger partial charge in [0.15, 0.2) is 0 Å². The molecule has 0 aromatic heterocycles. The maximum absolute atomic E-state index is 12.3. The lowest BCUT2D eigenvalue weighted by Gasteiger charge is -2.19. The number of halogens is 1. The molecule has 1 aromatic rings. The number of thioether (sulfide) groups is 1. The number of ether oxygens (including phenoxy) is 1. The Morgan fingerprint density at radius 1 is 1.45 bits per heavy atom. The van der Waals surface area contributed by atoms with Crippen LogP contribution in [0.25, 0.3) is 6.08 Å². The summed E-state index contributed by atoms with van der Waals surface area (Å²) in [5.74, 6) is -1.11. The predicted molar refractivity (Wildman–Crippen MR) is 85.4 cm³/mol. The molecule has 1 fully saturated rings. The molecule has 0 radical (unpaired) electrons. The lowest BCUT2D eigenvalue weighted by Crippen LogP contribution is -2.42. The van der Waals surface area contributed by atoms with Gasteiger partial charge in [0.05, 0.1) is 11.5 Å². The summed E-state index contributed by atoms with van der Waals surface area (Å²) in [7, 11) is 0. The molecule has 0 aliphatic carbocycles. The topological polar surface area (TPSA) is 63.7 Å². The summed E-state index contributed by atoms with van der Waals surface area (Å²) in [6, 6.07) is 5.98. The largest absolute Gasteiger partial charge is 0.464 e.